The Bertz CT molecular complexity index is 88.2. The molecule has 0 heterocycles. The smallest absolute Gasteiger partial charge is 0.0780 e. The third-order valence-corrected chi connectivity index (χ3v) is 2.00. The Kier molecular flexibility index (Phi) is 7.12. The molecule has 0 saturated heterocycles. The summed E-state index contributed by atoms with van der Waals surface area (Å²) in [6.45, 7) is 5.56. The third-order valence-electron chi connectivity index (χ3n) is 1.38. The van der Waals surface area contributed by atoms with Crippen molar-refractivity contribution in [2.45, 2.75) is 20.0 Å². The standard InChI is InChI=1S/C8H18O2S/c1-7(6-11)4-10-8(2)5-9-3/h7-8,11H,4-6H2,1-3H3. The summed E-state index contributed by atoms with van der Waals surface area (Å²) < 4.78 is 10.4. The van der Waals surface area contributed by atoms with E-state index in [1.165, 1.54) is 0 Å². The van der Waals surface area contributed by atoms with Gasteiger partial charge in [-0.2, -0.15) is 12.6 Å². The Labute approximate surface area is 74.7 Å². The van der Waals surface area contributed by atoms with Gasteiger partial charge in [0.1, 0.15) is 0 Å². The molecule has 2 nitrogen and oxygen atoms in total. The minimum atomic E-state index is 0.197. The van der Waals surface area contributed by atoms with Crippen LogP contribution < -0.4 is 0 Å². The van der Waals surface area contributed by atoms with E-state index >= 15 is 0 Å². The van der Waals surface area contributed by atoms with E-state index in [0.717, 1.165) is 12.4 Å². The van der Waals surface area contributed by atoms with Gasteiger partial charge in [-0.3, -0.25) is 0 Å². The normalized spacial score (nSPS) is 16.4. The molecule has 2 unspecified atom stereocenters. The van der Waals surface area contributed by atoms with Crippen molar-refractivity contribution in [3.8, 4) is 0 Å². The van der Waals surface area contributed by atoms with E-state index < -0.39 is 0 Å². The molecule has 3 heteroatoms. The number of methoxy groups -OCH3 is 1. The maximum Gasteiger partial charge on any atom is 0.0780 e. The van der Waals surface area contributed by atoms with Gasteiger partial charge in [0.15, 0.2) is 0 Å². The SMILES string of the molecule is COCC(C)OCC(C)CS. The zero-order valence-electron chi connectivity index (χ0n) is 7.54. The molecule has 0 radical (unpaired) electrons. The quantitative estimate of drug-likeness (QED) is 0.623. The molecular formula is C8H18O2S. The first-order chi connectivity index (χ1) is 5.20. The van der Waals surface area contributed by atoms with Crippen LogP contribution in [0.3, 0.4) is 0 Å². The van der Waals surface area contributed by atoms with E-state index in [1.54, 1.807) is 7.11 Å². The van der Waals surface area contributed by atoms with Gasteiger partial charge in [-0.25, -0.2) is 0 Å². The van der Waals surface area contributed by atoms with Crippen molar-refractivity contribution in [3.63, 3.8) is 0 Å². The fourth-order valence-electron chi connectivity index (χ4n) is 0.664. The summed E-state index contributed by atoms with van der Waals surface area (Å²) in [5.41, 5.74) is 0. The summed E-state index contributed by atoms with van der Waals surface area (Å²) in [6, 6.07) is 0. The molecule has 11 heavy (non-hydrogen) atoms. The summed E-state index contributed by atoms with van der Waals surface area (Å²) >= 11 is 4.16. The van der Waals surface area contributed by atoms with Gasteiger partial charge in [0.25, 0.3) is 0 Å². The summed E-state index contributed by atoms with van der Waals surface area (Å²) in [7, 11) is 1.68. The predicted octanol–water partition coefficient (Wildman–Crippen LogP) is 1.60. The zero-order valence-corrected chi connectivity index (χ0v) is 8.43. The van der Waals surface area contributed by atoms with Gasteiger partial charge < -0.3 is 9.47 Å². The Balaban J connectivity index is 3.22. The van der Waals surface area contributed by atoms with E-state index in [2.05, 4.69) is 19.6 Å². The highest BCUT2D eigenvalue weighted by Gasteiger charge is 2.04. The van der Waals surface area contributed by atoms with Crippen LogP contribution in [0.25, 0.3) is 0 Å². The minimum Gasteiger partial charge on any atom is -0.382 e. The Morgan fingerprint density at radius 1 is 1.27 bits per heavy atom. The molecule has 0 N–H and O–H groups in total. The molecule has 0 aromatic rings. The summed E-state index contributed by atoms with van der Waals surface area (Å²) in [5, 5.41) is 0. The van der Waals surface area contributed by atoms with Gasteiger partial charge in [-0.1, -0.05) is 6.92 Å². The number of ether oxygens (including phenoxy) is 2. The number of hydrogen-bond acceptors (Lipinski definition) is 3. The molecule has 0 aliphatic heterocycles. The molecule has 0 spiro atoms. The third kappa shape index (κ3) is 6.66. The number of hydrogen-bond donors (Lipinski definition) is 1. The highest BCUT2D eigenvalue weighted by atomic mass is 32.1. The number of thiol groups is 1. The van der Waals surface area contributed by atoms with Crippen LogP contribution in [0.1, 0.15) is 13.8 Å². The Morgan fingerprint density at radius 2 is 1.91 bits per heavy atom. The van der Waals surface area contributed by atoms with Gasteiger partial charge in [-0.15, -0.1) is 0 Å². The van der Waals surface area contributed by atoms with Crippen LogP contribution >= 0.6 is 12.6 Å². The van der Waals surface area contributed by atoms with Crippen molar-refractivity contribution in [2.24, 2.45) is 5.92 Å². The van der Waals surface area contributed by atoms with Crippen LogP contribution in [0.15, 0.2) is 0 Å². The second-order valence-corrected chi connectivity index (χ2v) is 3.25. The second kappa shape index (κ2) is 6.95. The average molecular weight is 178 g/mol. The summed E-state index contributed by atoms with van der Waals surface area (Å²) in [6.07, 6.45) is 0.197. The van der Waals surface area contributed by atoms with Gasteiger partial charge in [-0.05, 0) is 18.6 Å². The first kappa shape index (κ1) is 11.3. The Hall–Kier alpha value is 0.270. The van der Waals surface area contributed by atoms with Gasteiger partial charge in [0.05, 0.1) is 19.3 Å². The fraction of sp³-hybridized carbons (Fsp3) is 1.00. The maximum atomic E-state index is 5.46. The molecule has 0 aliphatic rings. The molecular weight excluding hydrogens is 160 g/mol. The molecule has 0 saturated carbocycles. The van der Waals surface area contributed by atoms with Crippen molar-refractivity contribution >= 4 is 12.6 Å². The first-order valence-electron chi connectivity index (χ1n) is 3.92. The lowest BCUT2D eigenvalue weighted by Crippen LogP contribution is -2.19. The van der Waals surface area contributed by atoms with Crippen LogP contribution in [0.2, 0.25) is 0 Å². The van der Waals surface area contributed by atoms with Crippen LogP contribution in [-0.4, -0.2) is 32.2 Å². The molecule has 0 aromatic heterocycles. The first-order valence-corrected chi connectivity index (χ1v) is 4.55. The zero-order chi connectivity index (χ0) is 8.69. The van der Waals surface area contributed by atoms with Crippen molar-refractivity contribution in [2.75, 3.05) is 26.1 Å². The van der Waals surface area contributed by atoms with E-state index in [1.807, 2.05) is 6.92 Å². The van der Waals surface area contributed by atoms with Crippen LogP contribution in [0.4, 0.5) is 0 Å². The largest absolute Gasteiger partial charge is 0.382 e. The average Bonchev–Trinajstić information content (AvgIpc) is 2.01. The van der Waals surface area contributed by atoms with E-state index in [4.69, 9.17) is 9.47 Å². The molecule has 0 fully saturated rings. The van der Waals surface area contributed by atoms with Crippen molar-refractivity contribution in [3.05, 3.63) is 0 Å². The predicted molar refractivity (Wildman–Crippen MR) is 50.3 cm³/mol. The minimum absolute atomic E-state index is 0.197. The lowest BCUT2D eigenvalue weighted by molar-refractivity contribution is -0.00147. The molecule has 2 atom stereocenters. The summed E-state index contributed by atoms with van der Waals surface area (Å²) in [4.78, 5) is 0. The lowest BCUT2D eigenvalue weighted by Gasteiger charge is -2.14. The fourth-order valence-corrected chi connectivity index (χ4v) is 0.769. The van der Waals surface area contributed by atoms with Gasteiger partial charge >= 0.3 is 0 Å². The monoisotopic (exact) mass is 178 g/mol. The highest BCUT2D eigenvalue weighted by Crippen LogP contribution is 2.00. The molecule has 68 valence electrons. The van der Waals surface area contributed by atoms with Crippen molar-refractivity contribution in [1.29, 1.82) is 0 Å². The maximum absolute atomic E-state index is 5.46. The van der Waals surface area contributed by atoms with Crippen molar-refractivity contribution < 1.29 is 9.47 Å². The van der Waals surface area contributed by atoms with Crippen LogP contribution in [0, 0.1) is 5.92 Å². The van der Waals surface area contributed by atoms with E-state index in [-0.39, 0.29) is 6.10 Å². The van der Waals surface area contributed by atoms with E-state index in [9.17, 15) is 0 Å². The lowest BCUT2D eigenvalue weighted by atomic mass is 10.2. The molecule has 0 aromatic carbocycles. The van der Waals surface area contributed by atoms with Crippen LogP contribution in [-0.2, 0) is 9.47 Å². The summed E-state index contributed by atoms with van der Waals surface area (Å²) in [5.74, 6) is 1.40. The van der Waals surface area contributed by atoms with Gasteiger partial charge in [0, 0.05) is 7.11 Å². The molecule has 0 aliphatic carbocycles. The Morgan fingerprint density at radius 3 is 2.36 bits per heavy atom. The van der Waals surface area contributed by atoms with Crippen LogP contribution in [0.5, 0.6) is 0 Å². The van der Waals surface area contributed by atoms with Gasteiger partial charge in [0.2, 0.25) is 0 Å². The van der Waals surface area contributed by atoms with Crippen molar-refractivity contribution in [1.82, 2.24) is 0 Å². The molecule has 0 rings (SSSR count). The molecule has 0 bridgehead atoms. The topological polar surface area (TPSA) is 18.5 Å². The molecule has 0 amide bonds. The number of rotatable bonds is 6. The van der Waals surface area contributed by atoms with E-state index in [0.29, 0.717) is 12.5 Å². The highest BCUT2D eigenvalue weighted by molar-refractivity contribution is 7.80. The second-order valence-electron chi connectivity index (χ2n) is 2.89.